The van der Waals surface area contributed by atoms with Gasteiger partial charge in [-0.1, -0.05) is 30.3 Å². The van der Waals surface area contributed by atoms with E-state index in [1.165, 1.54) is 0 Å². The van der Waals surface area contributed by atoms with Crippen molar-refractivity contribution >= 4 is 38.5 Å². The fraction of sp³-hybridized carbons (Fsp3) is 0.278. The van der Waals surface area contributed by atoms with Gasteiger partial charge in [-0.05, 0) is 49.0 Å². The molecule has 0 bridgehead atoms. The van der Waals surface area contributed by atoms with Gasteiger partial charge in [-0.15, -0.1) is 0 Å². The summed E-state index contributed by atoms with van der Waals surface area (Å²) < 4.78 is 24.5. The Labute approximate surface area is 147 Å². The Morgan fingerprint density at radius 1 is 0.917 bits per heavy atom. The molecular weight excluding hydrogens is 340 g/mol. The maximum absolute atomic E-state index is 12.3. The summed E-state index contributed by atoms with van der Waals surface area (Å²) in [5.74, 6) is 0.296. The molecule has 0 unspecified atom stereocenters. The number of benzene rings is 2. The van der Waals surface area contributed by atoms with Gasteiger partial charge in [-0.3, -0.25) is 0 Å². The van der Waals surface area contributed by atoms with Crippen molar-refractivity contribution in [3.63, 3.8) is 0 Å². The molecule has 2 aromatic rings. The second-order valence-electron chi connectivity index (χ2n) is 6.41. The third-order valence-electron chi connectivity index (χ3n) is 4.68. The lowest BCUT2D eigenvalue weighted by atomic mass is 10.1. The molecule has 124 valence electrons. The van der Waals surface area contributed by atoms with Gasteiger partial charge in [0.25, 0.3) is 0 Å². The fourth-order valence-corrected chi connectivity index (χ4v) is 6.07. The second kappa shape index (κ2) is 5.57. The molecule has 0 radical (unpaired) electrons. The zero-order chi connectivity index (χ0) is 16.9. The zero-order valence-electron chi connectivity index (χ0n) is 13.3. The minimum Gasteiger partial charge on any atom is -0.312 e. The number of hydrogen-bond acceptors (Lipinski definition) is 3. The Morgan fingerprint density at radius 3 is 2.12 bits per heavy atom. The molecule has 24 heavy (non-hydrogen) atoms. The summed E-state index contributed by atoms with van der Waals surface area (Å²) in [5, 5.41) is 0.678. The quantitative estimate of drug-likeness (QED) is 0.772. The van der Waals surface area contributed by atoms with E-state index in [0.29, 0.717) is 5.11 Å². The molecule has 0 amide bonds. The van der Waals surface area contributed by atoms with Gasteiger partial charge in [0.1, 0.15) is 0 Å². The summed E-state index contributed by atoms with van der Waals surface area (Å²) in [6.45, 7) is 2.03. The molecule has 2 heterocycles. The van der Waals surface area contributed by atoms with E-state index in [9.17, 15) is 8.42 Å². The molecule has 4 nitrogen and oxygen atoms in total. The van der Waals surface area contributed by atoms with Crippen LogP contribution >= 0.6 is 12.2 Å². The van der Waals surface area contributed by atoms with Gasteiger partial charge in [0.2, 0.25) is 0 Å². The van der Waals surface area contributed by atoms with Crippen LogP contribution in [0.5, 0.6) is 0 Å². The summed E-state index contributed by atoms with van der Waals surface area (Å²) >= 11 is 5.76. The van der Waals surface area contributed by atoms with Crippen LogP contribution in [0.25, 0.3) is 0 Å². The molecule has 0 N–H and O–H groups in total. The van der Waals surface area contributed by atoms with Crippen LogP contribution in [-0.2, 0) is 9.84 Å². The number of sulfone groups is 1. The SMILES string of the molecule is Cc1cccc(N2C(=S)N(c3ccccc3)[C@@H]3CS(=O)(=O)C[C@H]32)c1. The number of para-hydroxylation sites is 1. The minimum atomic E-state index is -3.06. The van der Waals surface area contributed by atoms with Crippen molar-refractivity contribution < 1.29 is 8.42 Å². The Morgan fingerprint density at radius 2 is 1.50 bits per heavy atom. The van der Waals surface area contributed by atoms with Crippen molar-refractivity contribution in [2.75, 3.05) is 21.3 Å². The summed E-state index contributed by atoms with van der Waals surface area (Å²) in [7, 11) is -3.06. The molecule has 0 aliphatic carbocycles. The molecule has 0 saturated carbocycles. The molecule has 2 atom stereocenters. The van der Waals surface area contributed by atoms with Gasteiger partial charge >= 0.3 is 0 Å². The molecule has 2 saturated heterocycles. The molecule has 2 fully saturated rings. The van der Waals surface area contributed by atoms with Gasteiger partial charge < -0.3 is 9.80 Å². The van der Waals surface area contributed by atoms with Gasteiger partial charge in [-0.25, -0.2) is 8.42 Å². The first-order valence-electron chi connectivity index (χ1n) is 7.91. The highest BCUT2D eigenvalue weighted by Crippen LogP contribution is 2.38. The first-order chi connectivity index (χ1) is 11.5. The Kier molecular flexibility index (Phi) is 3.62. The maximum Gasteiger partial charge on any atom is 0.181 e. The lowest BCUT2D eigenvalue weighted by Gasteiger charge is -2.26. The lowest BCUT2D eigenvalue weighted by molar-refractivity contribution is 0.601. The number of thiocarbonyl (C=S) groups is 1. The predicted molar refractivity (Wildman–Crippen MR) is 101 cm³/mol. The van der Waals surface area contributed by atoms with Gasteiger partial charge in [-0.2, -0.15) is 0 Å². The Bertz CT molecular complexity index is 896. The highest BCUT2D eigenvalue weighted by atomic mass is 32.2. The standard InChI is InChI=1S/C18H18N2O2S2/c1-13-6-5-9-15(10-13)20-17-12-24(21,22)11-16(17)19(18(20)23)14-7-3-2-4-8-14/h2-10,16-17H,11-12H2,1H3/t16-,17-/m1/s1. The molecule has 2 aromatic carbocycles. The van der Waals surface area contributed by atoms with E-state index in [2.05, 4.69) is 6.07 Å². The van der Waals surface area contributed by atoms with Gasteiger partial charge in [0.15, 0.2) is 14.9 Å². The van der Waals surface area contributed by atoms with Crippen molar-refractivity contribution in [3.8, 4) is 0 Å². The smallest absolute Gasteiger partial charge is 0.181 e. The molecule has 2 aliphatic heterocycles. The van der Waals surface area contributed by atoms with Crippen LogP contribution in [0.4, 0.5) is 11.4 Å². The van der Waals surface area contributed by atoms with Crippen molar-refractivity contribution in [3.05, 3.63) is 60.2 Å². The van der Waals surface area contributed by atoms with Crippen LogP contribution < -0.4 is 9.80 Å². The summed E-state index contributed by atoms with van der Waals surface area (Å²) in [6.07, 6.45) is 0. The predicted octanol–water partition coefficient (Wildman–Crippen LogP) is 2.77. The average Bonchev–Trinajstić information content (AvgIpc) is 2.96. The average molecular weight is 358 g/mol. The van der Waals surface area contributed by atoms with Gasteiger partial charge in [0, 0.05) is 11.4 Å². The monoisotopic (exact) mass is 358 g/mol. The van der Waals surface area contributed by atoms with Crippen LogP contribution in [0.3, 0.4) is 0 Å². The van der Waals surface area contributed by atoms with Crippen molar-refractivity contribution in [2.45, 2.75) is 19.0 Å². The van der Waals surface area contributed by atoms with Crippen LogP contribution in [0.1, 0.15) is 5.56 Å². The number of fused-ring (bicyclic) bond motifs is 1. The molecular formula is C18H18N2O2S2. The van der Waals surface area contributed by atoms with E-state index in [-0.39, 0.29) is 23.6 Å². The summed E-state index contributed by atoms with van der Waals surface area (Å²) in [4.78, 5) is 4.03. The second-order valence-corrected chi connectivity index (χ2v) is 8.93. The topological polar surface area (TPSA) is 40.6 Å². The zero-order valence-corrected chi connectivity index (χ0v) is 14.9. The molecule has 0 spiro atoms. The molecule has 6 heteroatoms. The highest BCUT2D eigenvalue weighted by Gasteiger charge is 2.52. The van der Waals surface area contributed by atoms with Crippen LogP contribution in [0.15, 0.2) is 54.6 Å². The molecule has 4 rings (SSSR count). The van der Waals surface area contributed by atoms with Crippen LogP contribution in [0, 0.1) is 6.92 Å². The normalized spacial score (nSPS) is 25.1. The molecule has 2 aliphatic rings. The van der Waals surface area contributed by atoms with Crippen molar-refractivity contribution in [2.24, 2.45) is 0 Å². The maximum atomic E-state index is 12.3. The van der Waals surface area contributed by atoms with E-state index in [4.69, 9.17) is 12.2 Å². The first-order valence-corrected chi connectivity index (χ1v) is 10.1. The Balaban J connectivity index is 1.82. The number of rotatable bonds is 2. The first kappa shape index (κ1) is 15.6. The molecule has 0 aromatic heterocycles. The van der Waals surface area contributed by atoms with E-state index >= 15 is 0 Å². The van der Waals surface area contributed by atoms with E-state index < -0.39 is 9.84 Å². The fourth-order valence-electron chi connectivity index (χ4n) is 3.67. The highest BCUT2D eigenvalue weighted by molar-refractivity contribution is 7.91. The van der Waals surface area contributed by atoms with Gasteiger partial charge in [0.05, 0.1) is 23.6 Å². The minimum absolute atomic E-state index is 0.134. The Hall–Kier alpha value is -1.92. The van der Waals surface area contributed by atoms with Crippen LogP contribution in [-0.4, -0.2) is 37.1 Å². The number of anilines is 2. The largest absolute Gasteiger partial charge is 0.312 e. The summed E-state index contributed by atoms with van der Waals surface area (Å²) in [5.41, 5.74) is 3.04. The number of nitrogens with zero attached hydrogens (tertiary/aromatic N) is 2. The van der Waals surface area contributed by atoms with E-state index in [1.807, 2.05) is 65.3 Å². The van der Waals surface area contributed by atoms with Crippen molar-refractivity contribution in [1.82, 2.24) is 0 Å². The van der Waals surface area contributed by atoms with E-state index in [0.717, 1.165) is 16.9 Å². The van der Waals surface area contributed by atoms with Crippen LogP contribution in [0.2, 0.25) is 0 Å². The number of aryl methyl sites for hydroxylation is 1. The summed E-state index contributed by atoms with van der Waals surface area (Å²) in [6, 6.07) is 17.6. The van der Waals surface area contributed by atoms with E-state index in [1.54, 1.807) is 0 Å². The third-order valence-corrected chi connectivity index (χ3v) is 6.78. The third kappa shape index (κ3) is 2.50. The lowest BCUT2D eigenvalue weighted by Crippen LogP contribution is -2.37. The van der Waals surface area contributed by atoms with Crippen molar-refractivity contribution in [1.29, 1.82) is 0 Å². The number of hydrogen-bond donors (Lipinski definition) is 0.